The van der Waals surface area contributed by atoms with E-state index in [4.69, 9.17) is 0 Å². The lowest BCUT2D eigenvalue weighted by molar-refractivity contribution is 0.514. The van der Waals surface area contributed by atoms with Gasteiger partial charge in [0.1, 0.15) is 0 Å². The molecule has 1 N–H and O–H groups in total. The average Bonchev–Trinajstić information content (AvgIpc) is 2.82. The van der Waals surface area contributed by atoms with Crippen molar-refractivity contribution >= 4 is 39.0 Å². The normalized spacial score (nSPS) is 19.0. The van der Waals surface area contributed by atoms with Gasteiger partial charge in [-0.3, -0.25) is 0 Å². The van der Waals surface area contributed by atoms with Crippen LogP contribution >= 0.6 is 39.0 Å². The predicted octanol–water partition coefficient (Wildman–Crippen LogP) is 5.23. The van der Waals surface area contributed by atoms with Crippen molar-refractivity contribution in [1.29, 1.82) is 0 Å². The van der Waals surface area contributed by atoms with E-state index in [1.807, 2.05) is 0 Å². The van der Waals surface area contributed by atoms with Crippen molar-refractivity contribution in [2.45, 2.75) is 50.3 Å². The molecular formula is C14H22BrNS2. The maximum Gasteiger partial charge on any atom is 0.0431 e. The molecule has 4 heteroatoms. The third-order valence-corrected chi connectivity index (χ3v) is 6.74. The van der Waals surface area contributed by atoms with E-state index in [1.54, 1.807) is 11.3 Å². The van der Waals surface area contributed by atoms with Crippen molar-refractivity contribution in [3.63, 3.8) is 0 Å². The fraction of sp³-hybridized carbons (Fsp3) is 0.714. The molecule has 1 nitrogen and oxygen atoms in total. The predicted molar refractivity (Wildman–Crippen MR) is 87.8 cm³/mol. The molecule has 0 amide bonds. The van der Waals surface area contributed by atoms with Crippen LogP contribution in [0.3, 0.4) is 0 Å². The molecule has 1 fully saturated rings. The second kappa shape index (κ2) is 7.93. The minimum atomic E-state index is 0.502. The smallest absolute Gasteiger partial charge is 0.0431 e. The van der Waals surface area contributed by atoms with Crippen molar-refractivity contribution in [2.75, 3.05) is 12.3 Å². The largest absolute Gasteiger partial charge is 0.309 e. The second-order valence-electron chi connectivity index (χ2n) is 4.88. The first-order chi connectivity index (χ1) is 8.81. The fourth-order valence-corrected chi connectivity index (χ4v) is 5.57. The molecule has 0 radical (unpaired) electrons. The summed E-state index contributed by atoms with van der Waals surface area (Å²) in [6.07, 6.45) is 7.17. The minimum absolute atomic E-state index is 0.502. The quantitative estimate of drug-likeness (QED) is 0.756. The summed E-state index contributed by atoms with van der Waals surface area (Å²) in [7, 11) is 0. The van der Waals surface area contributed by atoms with Crippen molar-refractivity contribution in [2.24, 2.45) is 0 Å². The lowest BCUT2D eigenvalue weighted by Gasteiger charge is -2.24. The number of thioether (sulfide) groups is 1. The molecule has 0 aliphatic heterocycles. The second-order valence-corrected chi connectivity index (χ2v) is 7.81. The van der Waals surface area contributed by atoms with Crippen LogP contribution in [-0.4, -0.2) is 17.5 Å². The van der Waals surface area contributed by atoms with E-state index in [9.17, 15) is 0 Å². The van der Waals surface area contributed by atoms with Gasteiger partial charge in [0.25, 0.3) is 0 Å². The Morgan fingerprint density at radius 1 is 1.39 bits per heavy atom. The van der Waals surface area contributed by atoms with E-state index in [-0.39, 0.29) is 0 Å². The number of thiophene rings is 1. The molecule has 1 aliphatic rings. The fourth-order valence-electron chi connectivity index (χ4n) is 2.51. The lowest BCUT2D eigenvalue weighted by atomic mass is 10.0. The van der Waals surface area contributed by atoms with E-state index < -0.39 is 0 Å². The summed E-state index contributed by atoms with van der Waals surface area (Å²) in [5, 5.41) is 8.98. The van der Waals surface area contributed by atoms with Crippen molar-refractivity contribution in [1.82, 2.24) is 5.32 Å². The van der Waals surface area contributed by atoms with Gasteiger partial charge in [-0.1, -0.05) is 26.2 Å². The first-order valence-corrected chi connectivity index (χ1v) is 9.66. The van der Waals surface area contributed by atoms with Crippen LogP contribution in [-0.2, 0) is 0 Å². The van der Waals surface area contributed by atoms with Crippen LogP contribution in [0.5, 0.6) is 0 Å². The van der Waals surface area contributed by atoms with Gasteiger partial charge in [-0.05, 0) is 46.3 Å². The van der Waals surface area contributed by atoms with E-state index >= 15 is 0 Å². The van der Waals surface area contributed by atoms with E-state index in [0.717, 1.165) is 11.8 Å². The van der Waals surface area contributed by atoms with Crippen LogP contribution in [0, 0.1) is 0 Å². The van der Waals surface area contributed by atoms with Gasteiger partial charge in [0.15, 0.2) is 0 Å². The summed E-state index contributed by atoms with van der Waals surface area (Å²) in [6, 6.07) is 0.502. The Morgan fingerprint density at radius 3 is 2.78 bits per heavy atom. The zero-order chi connectivity index (χ0) is 12.8. The lowest BCUT2D eigenvalue weighted by Crippen LogP contribution is -2.24. The monoisotopic (exact) mass is 347 g/mol. The van der Waals surface area contributed by atoms with Crippen LogP contribution in [0.25, 0.3) is 0 Å². The number of nitrogens with one attached hydrogen (secondary N) is 1. The first kappa shape index (κ1) is 14.9. The Morgan fingerprint density at radius 2 is 2.17 bits per heavy atom. The van der Waals surface area contributed by atoms with Crippen molar-refractivity contribution in [3.8, 4) is 0 Å². The maximum absolute atomic E-state index is 3.66. The standard InChI is InChI=1S/C14H22BrNS2/c1-2-16-14(12-8-17-9-13(12)15)10-18-11-6-4-3-5-7-11/h8-9,11,14,16H,2-7,10H2,1H3. The molecule has 102 valence electrons. The van der Waals surface area contributed by atoms with Gasteiger partial charge in [-0.15, -0.1) is 0 Å². The van der Waals surface area contributed by atoms with Gasteiger partial charge in [-0.25, -0.2) is 0 Å². The van der Waals surface area contributed by atoms with Crippen LogP contribution in [0.2, 0.25) is 0 Å². The summed E-state index contributed by atoms with van der Waals surface area (Å²) in [5.74, 6) is 1.20. The van der Waals surface area contributed by atoms with Gasteiger partial charge in [-0.2, -0.15) is 23.1 Å². The number of halogens is 1. The molecule has 0 bridgehead atoms. The summed E-state index contributed by atoms with van der Waals surface area (Å²) < 4.78 is 1.27. The van der Waals surface area contributed by atoms with Crippen LogP contribution in [0.4, 0.5) is 0 Å². The minimum Gasteiger partial charge on any atom is -0.309 e. The molecule has 1 unspecified atom stereocenters. The highest BCUT2D eigenvalue weighted by Crippen LogP contribution is 2.34. The Hall–Kier alpha value is 0.490. The highest BCUT2D eigenvalue weighted by atomic mass is 79.9. The van der Waals surface area contributed by atoms with E-state index in [1.165, 1.54) is 47.9 Å². The van der Waals surface area contributed by atoms with Gasteiger partial charge in [0, 0.05) is 26.9 Å². The number of hydrogen-bond donors (Lipinski definition) is 1. The Labute approximate surface area is 127 Å². The van der Waals surface area contributed by atoms with Crippen molar-refractivity contribution < 1.29 is 0 Å². The Balaban J connectivity index is 1.88. The first-order valence-electron chi connectivity index (χ1n) is 6.87. The Bertz CT molecular complexity index is 347. The highest BCUT2D eigenvalue weighted by molar-refractivity contribution is 9.10. The topological polar surface area (TPSA) is 12.0 Å². The zero-order valence-corrected chi connectivity index (χ0v) is 14.2. The summed E-state index contributed by atoms with van der Waals surface area (Å²) in [4.78, 5) is 0. The molecule has 1 aromatic rings. The molecule has 18 heavy (non-hydrogen) atoms. The average molecular weight is 348 g/mol. The summed E-state index contributed by atoms with van der Waals surface area (Å²) in [5.41, 5.74) is 1.44. The number of hydrogen-bond acceptors (Lipinski definition) is 3. The Kier molecular flexibility index (Phi) is 6.56. The van der Waals surface area contributed by atoms with Gasteiger partial charge < -0.3 is 5.32 Å². The van der Waals surface area contributed by atoms with Crippen LogP contribution < -0.4 is 5.32 Å². The number of rotatable bonds is 6. The van der Waals surface area contributed by atoms with E-state index in [0.29, 0.717) is 6.04 Å². The third-order valence-electron chi connectivity index (χ3n) is 3.52. The SMILES string of the molecule is CCNC(CSC1CCCCC1)c1cscc1Br. The molecular weight excluding hydrogens is 326 g/mol. The van der Waals surface area contributed by atoms with Crippen molar-refractivity contribution in [3.05, 3.63) is 20.8 Å². The van der Waals surface area contributed by atoms with Gasteiger partial charge >= 0.3 is 0 Å². The molecule has 1 atom stereocenters. The zero-order valence-electron chi connectivity index (χ0n) is 11.0. The maximum atomic E-state index is 3.66. The highest BCUT2D eigenvalue weighted by Gasteiger charge is 2.19. The molecule has 0 saturated heterocycles. The van der Waals surface area contributed by atoms with Crippen LogP contribution in [0.1, 0.15) is 50.6 Å². The van der Waals surface area contributed by atoms with Crippen LogP contribution in [0.15, 0.2) is 15.2 Å². The summed E-state index contributed by atoms with van der Waals surface area (Å²) >= 11 is 7.62. The molecule has 0 spiro atoms. The molecule has 0 aromatic carbocycles. The van der Waals surface area contributed by atoms with Gasteiger partial charge in [0.05, 0.1) is 0 Å². The molecule has 1 aliphatic carbocycles. The molecule has 2 rings (SSSR count). The third kappa shape index (κ3) is 4.26. The molecule has 1 heterocycles. The molecule has 1 aromatic heterocycles. The molecule has 1 saturated carbocycles. The van der Waals surface area contributed by atoms with Gasteiger partial charge in [0.2, 0.25) is 0 Å². The summed E-state index contributed by atoms with van der Waals surface area (Å²) in [6.45, 7) is 3.23. The van der Waals surface area contributed by atoms with E-state index in [2.05, 4.69) is 50.7 Å².